The zero-order valence-electron chi connectivity index (χ0n) is 13.1. The van der Waals surface area contributed by atoms with Crippen LogP contribution in [-0.2, 0) is 6.54 Å². The fourth-order valence-corrected chi connectivity index (χ4v) is 2.54. The summed E-state index contributed by atoms with van der Waals surface area (Å²) in [5.74, 6) is -0.415. The van der Waals surface area contributed by atoms with E-state index in [4.69, 9.17) is 17.3 Å². The lowest BCUT2D eigenvalue weighted by molar-refractivity contribution is 0.0995. The Morgan fingerprint density at radius 3 is 2.52 bits per heavy atom. The van der Waals surface area contributed by atoms with Crippen molar-refractivity contribution >= 4 is 29.2 Å². The summed E-state index contributed by atoms with van der Waals surface area (Å²) >= 11 is 5.97. The normalized spacial score (nSPS) is 10.4. The van der Waals surface area contributed by atoms with E-state index in [1.165, 1.54) is 12.1 Å². The number of benzene rings is 2. The van der Waals surface area contributed by atoms with Gasteiger partial charge < -0.3 is 15.6 Å². The third-order valence-electron chi connectivity index (χ3n) is 3.56. The van der Waals surface area contributed by atoms with E-state index in [-0.39, 0.29) is 5.91 Å². The molecule has 0 aliphatic carbocycles. The maximum atomic E-state index is 12.2. The van der Waals surface area contributed by atoms with Crippen LogP contribution in [-0.4, -0.2) is 21.4 Å². The Hall–Kier alpha value is -3.12. The van der Waals surface area contributed by atoms with Gasteiger partial charge >= 0.3 is 0 Å². The first-order chi connectivity index (χ1) is 12.0. The van der Waals surface area contributed by atoms with Crippen molar-refractivity contribution in [2.24, 2.45) is 5.73 Å². The van der Waals surface area contributed by atoms with E-state index in [0.29, 0.717) is 28.5 Å². The molecule has 7 heteroatoms. The monoisotopic (exact) mass is 354 g/mol. The predicted octanol–water partition coefficient (Wildman–Crippen LogP) is 2.94. The molecular formula is C18H15ClN4O2. The second-order valence-electron chi connectivity index (χ2n) is 5.46. The lowest BCUT2D eigenvalue weighted by Crippen LogP contribution is -2.14. The van der Waals surface area contributed by atoms with E-state index in [1.807, 2.05) is 28.8 Å². The summed E-state index contributed by atoms with van der Waals surface area (Å²) in [6.07, 6.45) is 3.36. The highest BCUT2D eigenvalue weighted by Crippen LogP contribution is 2.13. The molecule has 0 unspecified atom stereocenters. The number of hydrogen-bond donors (Lipinski definition) is 2. The quantitative estimate of drug-likeness (QED) is 0.738. The summed E-state index contributed by atoms with van der Waals surface area (Å²) in [5, 5.41) is 3.38. The van der Waals surface area contributed by atoms with Crippen LogP contribution in [0.5, 0.6) is 0 Å². The zero-order chi connectivity index (χ0) is 17.8. The Kier molecular flexibility index (Phi) is 4.81. The van der Waals surface area contributed by atoms with Crippen molar-refractivity contribution in [2.75, 3.05) is 5.32 Å². The third kappa shape index (κ3) is 4.24. The Bertz CT molecular complexity index is 919. The number of carbonyl (C=O) groups is 2. The van der Waals surface area contributed by atoms with E-state index < -0.39 is 5.91 Å². The van der Waals surface area contributed by atoms with Gasteiger partial charge in [-0.2, -0.15) is 0 Å². The molecule has 3 N–H and O–H groups in total. The van der Waals surface area contributed by atoms with Gasteiger partial charge in [0.25, 0.3) is 5.91 Å². The van der Waals surface area contributed by atoms with Gasteiger partial charge in [-0.25, -0.2) is 4.98 Å². The van der Waals surface area contributed by atoms with Crippen LogP contribution < -0.4 is 11.1 Å². The summed E-state index contributed by atoms with van der Waals surface area (Å²) < 4.78 is 1.84. The van der Waals surface area contributed by atoms with Crippen LogP contribution in [0.25, 0.3) is 0 Å². The molecule has 2 amide bonds. The second-order valence-corrected chi connectivity index (χ2v) is 5.89. The number of carbonyl (C=O) groups excluding carboxylic acids is 2. The number of nitrogens with two attached hydrogens (primary N) is 1. The molecule has 3 rings (SSSR count). The number of nitrogens with zero attached hydrogens (tertiary/aromatic N) is 2. The fourth-order valence-electron chi connectivity index (χ4n) is 2.33. The number of nitrogens with one attached hydrogen (secondary N) is 1. The van der Waals surface area contributed by atoms with Crippen LogP contribution in [0, 0.1) is 0 Å². The van der Waals surface area contributed by atoms with Gasteiger partial charge in [0.2, 0.25) is 5.91 Å². The first-order valence-corrected chi connectivity index (χ1v) is 7.86. The number of aromatic nitrogens is 2. The van der Waals surface area contributed by atoms with E-state index in [9.17, 15) is 9.59 Å². The maximum Gasteiger partial charge on any atom is 0.256 e. The fraction of sp³-hybridized carbons (Fsp3) is 0.0556. The molecule has 0 bridgehead atoms. The van der Waals surface area contributed by atoms with Gasteiger partial charge in [-0.3, -0.25) is 9.59 Å². The predicted molar refractivity (Wildman–Crippen MR) is 95.7 cm³/mol. The number of primary amides is 1. The molecule has 3 aromatic rings. The SMILES string of the molecule is NC(=O)c1ccc(C(=O)Nc2cn(Cc3cccc(Cl)c3)cn2)cc1. The molecule has 0 aliphatic heterocycles. The number of imidazole rings is 1. The van der Waals surface area contributed by atoms with E-state index in [0.717, 1.165) is 5.56 Å². The molecule has 25 heavy (non-hydrogen) atoms. The number of hydrogen-bond acceptors (Lipinski definition) is 3. The van der Waals surface area contributed by atoms with Crippen LogP contribution >= 0.6 is 11.6 Å². The van der Waals surface area contributed by atoms with E-state index in [2.05, 4.69) is 10.3 Å². The third-order valence-corrected chi connectivity index (χ3v) is 3.80. The summed E-state index contributed by atoms with van der Waals surface area (Å²) in [6, 6.07) is 13.6. The molecule has 6 nitrogen and oxygen atoms in total. The van der Waals surface area contributed by atoms with Crippen molar-refractivity contribution in [3.05, 3.63) is 82.8 Å². The summed E-state index contributed by atoms with van der Waals surface area (Å²) in [7, 11) is 0. The minimum absolute atomic E-state index is 0.316. The molecule has 0 fully saturated rings. The van der Waals surface area contributed by atoms with Crippen LogP contribution in [0.2, 0.25) is 5.02 Å². The highest BCUT2D eigenvalue weighted by Gasteiger charge is 2.09. The lowest BCUT2D eigenvalue weighted by Gasteiger charge is -2.04. The van der Waals surface area contributed by atoms with Gasteiger partial charge in [-0.15, -0.1) is 0 Å². The molecule has 0 atom stereocenters. The number of rotatable bonds is 5. The molecule has 1 heterocycles. The Morgan fingerprint density at radius 2 is 1.84 bits per heavy atom. The van der Waals surface area contributed by atoms with Crippen LogP contribution in [0.4, 0.5) is 5.82 Å². The first kappa shape index (κ1) is 16.7. The standard InChI is InChI=1S/C18H15ClN4O2/c19-15-3-1-2-12(8-15)9-23-10-16(21-11-23)22-18(25)14-6-4-13(5-7-14)17(20)24/h1-8,10-11H,9H2,(H2,20,24)(H,22,25). The van der Waals surface area contributed by atoms with Crippen molar-refractivity contribution in [1.82, 2.24) is 9.55 Å². The Balaban J connectivity index is 1.66. The Morgan fingerprint density at radius 1 is 1.12 bits per heavy atom. The van der Waals surface area contributed by atoms with E-state index >= 15 is 0 Å². The van der Waals surface area contributed by atoms with Crippen LogP contribution in [0.1, 0.15) is 26.3 Å². The molecule has 1 aromatic heterocycles. The number of halogens is 1. The van der Waals surface area contributed by atoms with Gasteiger partial charge in [0.15, 0.2) is 5.82 Å². The minimum atomic E-state index is -0.535. The smallest absolute Gasteiger partial charge is 0.256 e. The second kappa shape index (κ2) is 7.19. The highest BCUT2D eigenvalue weighted by atomic mass is 35.5. The molecule has 0 spiro atoms. The van der Waals surface area contributed by atoms with Crippen LogP contribution in [0.3, 0.4) is 0 Å². The molecule has 0 radical (unpaired) electrons. The largest absolute Gasteiger partial charge is 0.366 e. The van der Waals surface area contributed by atoms with Crippen molar-refractivity contribution in [3.63, 3.8) is 0 Å². The van der Waals surface area contributed by atoms with Gasteiger partial charge in [0.05, 0.1) is 6.33 Å². The molecule has 0 aliphatic rings. The summed E-state index contributed by atoms with van der Waals surface area (Å²) in [5.41, 5.74) is 6.97. The van der Waals surface area contributed by atoms with Crippen molar-refractivity contribution < 1.29 is 9.59 Å². The molecule has 0 saturated heterocycles. The van der Waals surface area contributed by atoms with Gasteiger partial charge in [-0.05, 0) is 42.0 Å². The lowest BCUT2D eigenvalue weighted by atomic mass is 10.1. The van der Waals surface area contributed by atoms with Gasteiger partial charge in [0.1, 0.15) is 0 Å². The van der Waals surface area contributed by atoms with Crippen molar-refractivity contribution in [3.8, 4) is 0 Å². The summed E-state index contributed by atoms with van der Waals surface area (Å²) in [6.45, 7) is 0.594. The zero-order valence-corrected chi connectivity index (χ0v) is 13.9. The van der Waals surface area contributed by atoms with Crippen LogP contribution in [0.15, 0.2) is 61.1 Å². The van der Waals surface area contributed by atoms with E-state index in [1.54, 1.807) is 24.7 Å². The molecular weight excluding hydrogens is 340 g/mol. The summed E-state index contributed by atoms with van der Waals surface area (Å²) in [4.78, 5) is 27.4. The Labute approximate surface area is 149 Å². The molecule has 0 saturated carbocycles. The van der Waals surface area contributed by atoms with Gasteiger partial charge in [-0.1, -0.05) is 23.7 Å². The minimum Gasteiger partial charge on any atom is -0.366 e. The number of anilines is 1. The average molecular weight is 355 g/mol. The van der Waals surface area contributed by atoms with Crippen molar-refractivity contribution in [2.45, 2.75) is 6.54 Å². The number of amides is 2. The maximum absolute atomic E-state index is 12.2. The van der Waals surface area contributed by atoms with Gasteiger partial charge in [0, 0.05) is 28.9 Å². The molecule has 2 aromatic carbocycles. The highest BCUT2D eigenvalue weighted by molar-refractivity contribution is 6.30. The first-order valence-electron chi connectivity index (χ1n) is 7.49. The molecule has 126 valence electrons. The topological polar surface area (TPSA) is 90.0 Å². The van der Waals surface area contributed by atoms with Crippen molar-refractivity contribution in [1.29, 1.82) is 0 Å². The average Bonchev–Trinajstić information content (AvgIpc) is 3.01.